The van der Waals surface area contributed by atoms with Crippen molar-refractivity contribution < 1.29 is 14.3 Å². The van der Waals surface area contributed by atoms with Crippen LogP contribution in [0.15, 0.2) is 34.2 Å². The molecule has 0 bridgehead atoms. The Labute approximate surface area is 168 Å². The van der Waals surface area contributed by atoms with E-state index in [0.717, 1.165) is 11.3 Å². The summed E-state index contributed by atoms with van der Waals surface area (Å²) in [4.78, 5) is 43.7. The molecule has 0 atom stereocenters. The number of carbonyl (C=O) groups excluding carboxylic acids is 2. The van der Waals surface area contributed by atoms with Crippen LogP contribution in [0, 0.1) is 0 Å². The van der Waals surface area contributed by atoms with E-state index in [0.29, 0.717) is 32.4 Å². The van der Waals surface area contributed by atoms with Gasteiger partial charge in [0.25, 0.3) is 11.5 Å². The van der Waals surface area contributed by atoms with Gasteiger partial charge < -0.3 is 10.1 Å². The summed E-state index contributed by atoms with van der Waals surface area (Å²) >= 11 is 2.83. The van der Waals surface area contributed by atoms with Crippen LogP contribution in [0.3, 0.4) is 0 Å². The molecular formula is C19H17N3O4S2. The average molecular weight is 415 g/mol. The molecule has 144 valence electrons. The highest BCUT2D eigenvalue weighted by Gasteiger charge is 2.20. The second-order valence-corrected chi connectivity index (χ2v) is 8.13. The van der Waals surface area contributed by atoms with E-state index < -0.39 is 0 Å². The molecule has 1 aliphatic heterocycles. The van der Waals surface area contributed by atoms with Crippen LogP contribution in [0.25, 0.3) is 10.2 Å². The minimum Gasteiger partial charge on any atom is -0.482 e. The first-order valence-corrected chi connectivity index (χ1v) is 10.7. The molecule has 0 fully saturated rings. The Bertz CT molecular complexity index is 1170. The number of amides is 1. The van der Waals surface area contributed by atoms with Gasteiger partial charge in [-0.2, -0.15) is 0 Å². The van der Waals surface area contributed by atoms with Crippen molar-refractivity contribution in [2.75, 3.05) is 18.2 Å². The summed E-state index contributed by atoms with van der Waals surface area (Å²) in [6.07, 6.45) is 2.66. The smallest absolute Gasteiger partial charge is 0.263 e. The molecule has 1 aliphatic rings. The van der Waals surface area contributed by atoms with Crippen molar-refractivity contribution in [2.45, 2.75) is 25.0 Å². The zero-order chi connectivity index (χ0) is 19.8. The Kier molecular flexibility index (Phi) is 4.94. The van der Waals surface area contributed by atoms with E-state index in [1.54, 1.807) is 18.2 Å². The zero-order valence-corrected chi connectivity index (χ0v) is 16.9. The van der Waals surface area contributed by atoms with E-state index >= 15 is 0 Å². The van der Waals surface area contributed by atoms with E-state index in [-0.39, 0.29) is 30.4 Å². The predicted molar refractivity (Wildman–Crippen MR) is 110 cm³/mol. The molecule has 3 heterocycles. The summed E-state index contributed by atoms with van der Waals surface area (Å²) in [5.74, 6) is 0.00974. The summed E-state index contributed by atoms with van der Waals surface area (Å²) in [5.41, 5.74) is 0.634. The third kappa shape index (κ3) is 3.31. The lowest BCUT2D eigenvalue weighted by atomic mass is 10.1. The minimum atomic E-state index is -0.267. The number of fused-ring (bicyclic) bond motifs is 2. The molecule has 28 heavy (non-hydrogen) atoms. The van der Waals surface area contributed by atoms with E-state index in [2.05, 4.69) is 10.3 Å². The Morgan fingerprint density at radius 2 is 2.18 bits per heavy atom. The van der Waals surface area contributed by atoms with Crippen LogP contribution in [0.1, 0.15) is 22.2 Å². The number of anilines is 1. The number of nitrogens with one attached hydrogen (secondary N) is 1. The highest BCUT2D eigenvalue weighted by molar-refractivity contribution is 7.98. The second-order valence-electron chi connectivity index (χ2n) is 6.25. The highest BCUT2D eigenvalue weighted by atomic mass is 32.2. The first-order valence-electron chi connectivity index (χ1n) is 8.67. The number of ether oxygens (including phenoxy) is 1. The molecule has 9 heteroatoms. The molecule has 0 unspecified atom stereocenters. The van der Waals surface area contributed by atoms with Gasteiger partial charge in [-0.15, -0.1) is 11.3 Å². The van der Waals surface area contributed by atoms with Gasteiger partial charge in [-0.05, 0) is 36.9 Å². The lowest BCUT2D eigenvalue weighted by Gasteiger charge is -2.18. The molecule has 0 saturated heterocycles. The van der Waals surface area contributed by atoms with Crippen LogP contribution in [0.5, 0.6) is 5.75 Å². The maximum atomic E-state index is 13.0. The fourth-order valence-corrected chi connectivity index (χ4v) is 4.57. The number of carbonyl (C=O) groups is 2. The third-order valence-electron chi connectivity index (χ3n) is 4.43. The van der Waals surface area contributed by atoms with Crippen LogP contribution in [0.4, 0.5) is 5.69 Å². The van der Waals surface area contributed by atoms with Crippen molar-refractivity contribution in [1.82, 2.24) is 9.55 Å². The fourth-order valence-electron chi connectivity index (χ4n) is 3.01. The summed E-state index contributed by atoms with van der Waals surface area (Å²) < 4.78 is 6.73. The molecule has 2 aromatic heterocycles. The first kappa shape index (κ1) is 18.7. The van der Waals surface area contributed by atoms with Gasteiger partial charge >= 0.3 is 0 Å². The number of Topliss-reactive ketones (excluding diaryl/α,β-unsaturated/α-hetero) is 1. The molecule has 1 amide bonds. The summed E-state index contributed by atoms with van der Waals surface area (Å²) in [7, 11) is 0. The number of benzene rings is 1. The number of rotatable bonds is 5. The summed E-state index contributed by atoms with van der Waals surface area (Å²) in [6.45, 7) is 1.86. The third-order valence-corrected chi connectivity index (χ3v) is 6.28. The molecule has 0 spiro atoms. The van der Waals surface area contributed by atoms with Crippen LogP contribution in [0.2, 0.25) is 0 Å². The van der Waals surface area contributed by atoms with Crippen molar-refractivity contribution in [3.63, 3.8) is 0 Å². The number of aryl methyl sites for hydroxylation is 1. The van der Waals surface area contributed by atoms with Gasteiger partial charge in [0, 0.05) is 10.4 Å². The summed E-state index contributed by atoms with van der Waals surface area (Å²) in [5, 5.41) is 3.73. The van der Waals surface area contributed by atoms with Gasteiger partial charge in [-0.25, -0.2) is 4.98 Å². The molecule has 1 aromatic carbocycles. The van der Waals surface area contributed by atoms with Crippen molar-refractivity contribution in [3.8, 4) is 5.75 Å². The molecule has 7 nitrogen and oxygen atoms in total. The van der Waals surface area contributed by atoms with Crippen molar-refractivity contribution in [1.29, 1.82) is 0 Å². The molecule has 0 aliphatic carbocycles. The number of nitrogens with zero attached hydrogens (tertiary/aromatic N) is 2. The van der Waals surface area contributed by atoms with Gasteiger partial charge in [0.1, 0.15) is 10.6 Å². The molecular weight excluding hydrogens is 398 g/mol. The van der Waals surface area contributed by atoms with E-state index in [1.165, 1.54) is 27.7 Å². The molecule has 0 saturated carbocycles. The Balaban J connectivity index is 1.70. The van der Waals surface area contributed by atoms with Gasteiger partial charge in [-0.3, -0.25) is 19.0 Å². The number of thioether (sulfide) groups is 1. The largest absolute Gasteiger partial charge is 0.482 e. The molecule has 1 N–H and O–H groups in total. The normalized spacial score (nSPS) is 13.1. The average Bonchev–Trinajstić information content (AvgIpc) is 3.12. The van der Waals surface area contributed by atoms with Crippen LogP contribution in [-0.4, -0.2) is 34.1 Å². The predicted octanol–water partition coefficient (Wildman–Crippen LogP) is 2.96. The van der Waals surface area contributed by atoms with Crippen molar-refractivity contribution in [2.24, 2.45) is 0 Å². The van der Waals surface area contributed by atoms with Crippen LogP contribution >= 0.6 is 23.1 Å². The van der Waals surface area contributed by atoms with Gasteiger partial charge in [0.15, 0.2) is 17.5 Å². The van der Waals surface area contributed by atoms with Gasteiger partial charge in [0.05, 0.1) is 17.6 Å². The first-order chi connectivity index (χ1) is 13.5. The highest BCUT2D eigenvalue weighted by Crippen LogP contribution is 2.29. The lowest BCUT2D eigenvalue weighted by Crippen LogP contribution is -2.27. The number of aromatic nitrogens is 2. The van der Waals surface area contributed by atoms with Crippen LogP contribution in [-0.2, 0) is 17.8 Å². The van der Waals surface area contributed by atoms with Crippen LogP contribution < -0.4 is 15.6 Å². The van der Waals surface area contributed by atoms with E-state index in [4.69, 9.17) is 4.74 Å². The Morgan fingerprint density at radius 3 is 2.93 bits per heavy atom. The van der Waals surface area contributed by atoms with Crippen molar-refractivity contribution >= 4 is 50.7 Å². The molecule has 0 radical (unpaired) electrons. The maximum Gasteiger partial charge on any atom is 0.263 e. The quantitative estimate of drug-likeness (QED) is 0.391. The number of hydrogen-bond donors (Lipinski definition) is 1. The van der Waals surface area contributed by atoms with E-state index in [9.17, 15) is 14.4 Å². The van der Waals surface area contributed by atoms with Gasteiger partial charge in [0.2, 0.25) is 0 Å². The lowest BCUT2D eigenvalue weighted by molar-refractivity contribution is -0.118. The maximum absolute atomic E-state index is 13.0. The second kappa shape index (κ2) is 7.40. The standard InChI is InChI=1S/C19H17N3O4S2/c1-3-11-7-12-17(28-11)21-19(27-2)22(18(12)25)8-14(23)10-4-5-15-13(6-10)20-16(24)9-26-15/h4-7H,3,8-9H2,1-2H3,(H,20,24). The minimum absolute atomic E-state index is 0.0428. The molecule has 3 aromatic rings. The van der Waals surface area contributed by atoms with Gasteiger partial charge in [-0.1, -0.05) is 18.7 Å². The number of hydrogen-bond acceptors (Lipinski definition) is 7. The van der Waals surface area contributed by atoms with Crippen molar-refractivity contribution in [3.05, 3.63) is 45.1 Å². The van der Waals surface area contributed by atoms with E-state index in [1.807, 2.05) is 19.2 Å². The number of thiophene rings is 1. The zero-order valence-electron chi connectivity index (χ0n) is 15.3. The Hall–Kier alpha value is -2.65. The molecule has 4 rings (SSSR count). The monoisotopic (exact) mass is 415 g/mol. The topological polar surface area (TPSA) is 90.3 Å². The fraction of sp³-hybridized carbons (Fsp3) is 0.263. The summed E-state index contributed by atoms with van der Waals surface area (Å²) in [6, 6.07) is 6.71. The number of ketones is 1. The SMILES string of the molecule is CCc1cc2c(=O)n(CC(=O)c3ccc4c(c3)NC(=O)CO4)c(SC)nc2s1. The Morgan fingerprint density at radius 1 is 1.36 bits per heavy atom.